The third-order valence-electron chi connectivity index (χ3n) is 11.5. The van der Waals surface area contributed by atoms with Gasteiger partial charge in [0.15, 0.2) is 5.78 Å². The number of carbonyl (C=O) groups is 3. The molecule has 3 aliphatic heterocycles. The van der Waals surface area contributed by atoms with Crippen molar-refractivity contribution >= 4 is 17.5 Å². The molecule has 9 atom stereocenters. The first-order valence-electron chi connectivity index (χ1n) is 13.9. The number of carbonyl (C=O) groups excluding carboxylic acids is 3. The molecule has 2 bridgehead atoms. The van der Waals surface area contributed by atoms with Gasteiger partial charge in [0.1, 0.15) is 11.5 Å². The molecule has 3 heterocycles. The van der Waals surface area contributed by atoms with E-state index in [9.17, 15) is 14.4 Å². The predicted molar refractivity (Wildman–Crippen MR) is 134 cm³/mol. The molecule has 0 radical (unpaired) electrons. The first kappa shape index (κ1) is 24.4. The third kappa shape index (κ3) is 2.97. The first-order valence-corrected chi connectivity index (χ1v) is 13.9. The highest BCUT2D eigenvalue weighted by atomic mass is 16.5. The fourth-order valence-electron chi connectivity index (χ4n) is 9.84. The van der Waals surface area contributed by atoms with Crippen LogP contribution in [0.5, 0.6) is 0 Å². The summed E-state index contributed by atoms with van der Waals surface area (Å²) < 4.78 is 11.9. The minimum Gasteiger partial charge on any atom is -0.469 e. The molecule has 3 aliphatic carbocycles. The van der Waals surface area contributed by atoms with Crippen molar-refractivity contribution in [1.29, 1.82) is 0 Å². The lowest BCUT2D eigenvalue weighted by Crippen LogP contribution is -2.67. The number of fused-ring (bicyclic) bond motifs is 6. The number of piperidine rings is 1. The molecule has 3 saturated heterocycles. The molecule has 196 valence electrons. The molecule has 4 fully saturated rings. The van der Waals surface area contributed by atoms with Crippen LogP contribution in [-0.2, 0) is 23.9 Å². The molecule has 6 rings (SSSR count). The van der Waals surface area contributed by atoms with E-state index in [4.69, 9.17) is 9.47 Å². The molecule has 0 N–H and O–H groups in total. The molecule has 1 spiro atoms. The van der Waals surface area contributed by atoms with Crippen LogP contribution < -0.4 is 0 Å². The highest BCUT2D eigenvalue weighted by Crippen LogP contribution is 2.71. The number of hydrogen-bond donors (Lipinski definition) is 0. The summed E-state index contributed by atoms with van der Waals surface area (Å²) in [5.41, 5.74) is 0.522. The van der Waals surface area contributed by atoms with Crippen molar-refractivity contribution in [3.63, 3.8) is 0 Å². The maximum atomic E-state index is 14.1. The van der Waals surface area contributed by atoms with E-state index in [0.29, 0.717) is 5.92 Å². The Labute approximate surface area is 214 Å². The molecule has 0 aromatic rings. The van der Waals surface area contributed by atoms with Gasteiger partial charge in [-0.3, -0.25) is 14.4 Å². The van der Waals surface area contributed by atoms with Crippen molar-refractivity contribution in [2.24, 2.45) is 39.9 Å². The van der Waals surface area contributed by atoms with Crippen molar-refractivity contribution in [2.75, 3.05) is 13.7 Å². The van der Waals surface area contributed by atoms with E-state index >= 15 is 0 Å². The smallest absolute Gasteiger partial charge is 0.306 e. The number of ketones is 2. The molecule has 1 unspecified atom stereocenters. The van der Waals surface area contributed by atoms with Crippen molar-refractivity contribution in [1.82, 2.24) is 4.90 Å². The van der Waals surface area contributed by atoms with Crippen LogP contribution in [0.3, 0.4) is 0 Å². The molecule has 6 aliphatic rings. The van der Waals surface area contributed by atoms with E-state index in [-0.39, 0.29) is 65.4 Å². The minimum atomic E-state index is -0.622. The van der Waals surface area contributed by atoms with Crippen LogP contribution in [0.1, 0.15) is 79.6 Å². The maximum Gasteiger partial charge on any atom is 0.306 e. The molecule has 0 amide bonds. The Hall–Kier alpha value is -1.95. The highest BCUT2D eigenvalue weighted by molar-refractivity contribution is 5.99. The average Bonchev–Trinajstić information content (AvgIpc) is 3.06. The second-order valence-corrected chi connectivity index (χ2v) is 13.7. The lowest BCUT2D eigenvalue weighted by Gasteiger charge is -2.67. The second kappa shape index (κ2) is 7.55. The minimum absolute atomic E-state index is 0.0476. The number of rotatable bonds is 2. The fraction of sp³-hybridized carbons (Fsp3) is 0.767. The van der Waals surface area contributed by atoms with Crippen molar-refractivity contribution in [3.8, 4) is 0 Å². The molecule has 0 aromatic heterocycles. The Morgan fingerprint density at radius 1 is 1.19 bits per heavy atom. The van der Waals surface area contributed by atoms with Gasteiger partial charge in [-0.2, -0.15) is 0 Å². The largest absolute Gasteiger partial charge is 0.469 e. The van der Waals surface area contributed by atoms with Gasteiger partial charge in [0.05, 0.1) is 19.6 Å². The number of hydrogen-bond acceptors (Lipinski definition) is 6. The predicted octanol–water partition coefficient (Wildman–Crippen LogP) is 4.83. The van der Waals surface area contributed by atoms with Crippen LogP contribution in [0, 0.1) is 39.9 Å². The summed E-state index contributed by atoms with van der Waals surface area (Å²) >= 11 is 0. The monoisotopic (exact) mass is 495 g/mol. The SMILES string of the molecule is COC(=O)C[C@@]1(C)C2C(=O)C[C@@H]3C(=O)C=C(C)C[C@@H]3[C@]2(C)C=C2N3C[C@H]4C[C@H](C)C[C@]3(CC[C@]21C)O4. The molecular weight excluding hydrogens is 454 g/mol. The maximum absolute atomic E-state index is 14.1. The van der Waals surface area contributed by atoms with Gasteiger partial charge in [-0.05, 0) is 62.4 Å². The summed E-state index contributed by atoms with van der Waals surface area (Å²) in [5.74, 6) is -0.00613. The van der Waals surface area contributed by atoms with E-state index < -0.39 is 10.8 Å². The van der Waals surface area contributed by atoms with Gasteiger partial charge in [0.2, 0.25) is 0 Å². The summed E-state index contributed by atoms with van der Waals surface area (Å²) in [4.78, 5) is 42.7. The van der Waals surface area contributed by atoms with Gasteiger partial charge < -0.3 is 14.4 Å². The zero-order chi connectivity index (χ0) is 25.8. The summed E-state index contributed by atoms with van der Waals surface area (Å²) in [6.07, 6.45) is 9.51. The average molecular weight is 496 g/mol. The summed E-state index contributed by atoms with van der Waals surface area (Å²) in [7, 11) is 1.44. The topological polar surface area (TPSA) is 72.9 Å². The van der Waals surface area contributed by atoms with Gasteiger partial charge in [0, 0.05) is 41.3 Å². The van der Waals surface area contributed by atoms with Gasteiger partial charge >= 0.3 is 5.97 Å². The van der Waals surface area contributed by atoms with Gasteiger partial charge in [-0.15, -0.1) is 0 Å². The van der Waals surface area contributed by atoms with E-state index in [1.165, 1.54) is 12.8 Å². The zero-order valence-corrected chi connectivity index (χ0v) is 22.7. The molecule has 1 saturated carbocycles. The highest BCUT2D eigenvalue weighted by Gasteiger charge is 2.71. The van der Waals surface area contributed by atoms with E-state index in [1.54, 1.807) is 6.08 Å². The van der Waals surface area contributed by atoms with Crippen LogP contribution in [-0.4, -0.2) is 47.9 Å². The van der Waals surface area contributed by atoms with Crippen LogP contribution in [0.15, 0.2) is 23.4 Å². The van der Waals surface area contributed by atoms with Crippen molar-refractivity contribution < 1.29 is 23.9 Å². The van der Waals surface area contributed by atoms with Gasteiger partial charge in [-0.1, -0.05) is 39.3 Å². The summed E-state index contributed by atoms with van der Waals surface area (Å²) in [6.45, 7) is 11.9. The molecule has 6 nitrogen and oxygen atoms in total. The lowest BCUT2D eigenvalue weighted by atomic mass is 9.38. The van der Waals surface area contributed by atoms with Crippen LogP contribution in [0.4, 0.5) is 0 Å². The van der Waals surface area contributed by atoms with Crippen LogP contribution in [0.25, 0.3) is 0 Å². The fourth-order valence-corrected chi connectivity index (χ4v) is 9.84. The van der Waals surface area contributed by atoms with E-state index in [2.05, 4.69) is 38.7 Å². The molecular formula is C30H41NO5. The number of methoxy groups -OCH3 is 1. The second-order valence-electron chi connectivity index (χ2n) is 13.7. The number of Topliss-reactive ketones (excluding diaryl/α,β-unsaturated/α-hetero) is 1. The van der Waals surface area contributed by atoms with E-state index in [1.807, 2.05) is 6.92 Å². The molecule has 36 heavy (non-hydrogen) atoms. The Kier molecular flexibility index (Phi) is 5.12. The number of ether oxygens (including phenoxy) is 2. The molecule has 0 aromatic carbocycles. The zero-order valence-electron chi connectivity index (χ0n) is 22.7. The summed E-state index contributed by atoms with van der Waals surface area (Å²) in [5, 5.41) is 0. The Morgan fingerprint density at radius 3 is 2.67 bits per heavy atom. The Bertz CT molecular complexity index is 1110. The van der Waals surface area contributed by atoms with Crippen molar-refractivity contribution in [2.45, 2.75) is 91.4 Å². The lowest BCUT2D eigenvalue weighted by molar-refractivity contribution is -0.198. The Morgan fingerprint density at radius 2 is 1.94 bits per heavy atom. The number of allylic oxidation sites excluding steroid dienone is 4. The van der Waals surface area contributed by atoms with Gasteiger partial charge in [-0.25, -0.2) is 0 Å². The molecule has 6 heteroatoms. The normalized spacial score (nSPS) is 49.3. The Balaban J connectivity index is 1.57. The van der Waals surface area contributed by atoms with Crippen LogP contribution >= 0.6 is 0 Å². The van der Waals surface area contributed by atoms with Crippen LogP contribution in [0.2, 0.25) is 0 Å². The van der Waals surface area contributed by atoms with E-state index in [0.717, 1.165) is 44.2 Å². The standard InChI is InChI=1S/C30H41NO5/c1-17-10-21-20(22(32)11-17)12-23(33)26-27(21,3)14-24-28(4,29(26,5)15-25(34)35-6)7-8-30-13-18(2)9-19(36-30)16-31(24)30/h11,14,18-21,26H,7-10,12-13,15-16H2,1-6H3/t18-,19+,20-,21-,26?,27-,28+,29-,30-/m0/s1. The first-order chi connectivity index (χ1) is 16.9. The van der Waals surface area contributed by atoms with Crippen molar-refractivity contribution in [3.05, 3.63) is 23.4 Å². The number of nitrogens with zero attached hydrogens (tertiary/aromatic N) is 1. The third-order valence-corrected chi connectivity index (χ3v) is 11.5. The quantitative estimate of drug-likeness (QED) is 0.511. The van der Waals surface area contributed by atoms with Gasteiger partial charge in [0.25, 0.3) is 0 Å². The number of esters is 1. The summed E-state index contributed by atoms with van der Waals surface area (Å²) in [6, 6.07) is 0.